The van der Waals surface area contributed by atoms with Gasteiger partial charge in [-0.2, -0.15) is 0 Å². The average Bonchev–Trinajstić information content (AvgIpc) is 2.61. The van der Waals surface area contributed by atoms with Crippen molar-refractivity contribution in [2.45, 2.75) is 32.1 Å². The summed E-state index contributed by atoms with van der Waals surface area (Å²) in [7, 11) is -1.65. The fourth-order valence-corrected chi connectivity index (χ4v) is 3.87. The molecule has 0 unspecified atom stereocenters. The summed E-state index contributed by atoms with van der Waals surface area (Å²) in [5.74, 6) is 0.932. The molecule has 2 rings (SSSR count). The number of sulfonamides is 1. The minimum Gasteiger partial charge on any atom is -0.497 e. The van der Waals surface area contributed by atoms with Crippen molar-refractivity contribution < 1.29 is 13.2 Å². The molecule has 5 heteroatoms. The summed E-state index contributed by atoms with van der Waals surface area (Å²) >= 11 is 0. The van der Waals surface area contributed by atoms with Crippen LogP contribution in [-0.4, -0.2) is 27.8 Å². The fraction of sp³-hybridized carbons (Fsp3) is 0.400. The predicted molar refractivity (Wildman–Crippen MR) is 103 cm³/mol. The smallest absolute Gasteiger partial charge is 0.211 e. The maximum atomic E-state index is 12.3. The molecule has 2 aromatic carbocycles. The van der Waals surface area contributed by atoms with Crippen molar-refractivity contribution in [2.24, 2.45) is 0 Å². The molecule has 0 aliphatic heterocycles. The Balaban J connectivity index is 1.86. The van der Waals surface area contributed by atoms with Gasteiger partial charge in [-0.05, 0) is 36.1 Å². The summed E-state index contributed by atoms with van der Waals surface area (Å²) in [6, 6.07) is 17.7. The van der Waals surface area contributed by atoms with E-state index in [-0.39, 0.29) is 11.2 Å². The number of ether oxygens (including phenoxy) is 1. The van der Waals surface area contributed by atoms with Crippen LogP contribution in [0.3, 0.4) is 0 Å². The van der Waals surface area contributed by atoms with Crippen molar-refractivity contribution in [3.05, 3.63) is 65.7 Å². The van der Waals surface area contributed by atoms with Crippen molar-refractivity contribution in [2.75, 3.05) is 19.4 Å². The molecule has 0 amide bonds. The molecular weight excluding hydrogens is 334 g/mol. The third-order valence-corrected chi connectivity index (χ3v) is 5.74. The number of hydrogen-bond acceptors (Lipinski definition) is 3. The molecule has 0 spiro atoms. The number of rotatable bonds is 9. The molecule has 1 N–H and O–H groups in total. The number of hydrogen-bond donors (Lipinski definition) is 1. The summed E-state index contributed by atoms with van der Waals surface area (Å²) in [5.41, 5.74) is 1.94. The van der Waals surface area contributed by atoms with Crippen LogP contribution >= 0.6 is 0 Å². The molecule has 0 heterocycles. The maximum Gasteiger partial charge on any atom is 0.211 e. The van der Waals surface area contributed by atoms with Crippen LogP contribution in [-0.2, 0) is 21.9 Å². The third kappa shape index (κ3) is 6.18. The van der Waals surface area contributed by atoms with E-state index in [1.807, 2.05) is 68.4 Å². The molecule has 4 nitrogen and oxygen atoms in total. The van der Waals surface area contributed by atoms with E-state index in [1.54, 1.807) is 7.11 Å². The fourth-order valence-electron chi connectivity index (χ4n) is 2.62. The van der Waals surface area contributed by atoms with Gasteiger partial charge in [0.2, 0.25) is 10.0 Å². The van der Waals surface area contributed by atoms with Gasteiger partial charge in [0.15, 0.2) is 0 Å². The topological polar surface area (TPSA) is 55.4 Å². The zero-order valence-electron chi connectivity index (χ0n) is 15.2. The Hall–Kier alpha value is -1.85. The van der Waals surface area contributed by atoms with Gasteiger partial charge in [-0.25, -0.2) is 13.1 Å². The van der Waals surface area contributed by atoms with Crippen molar-refractivity contribution in [3.63, 3.8) is 0 Å². The zero-order valence-corrected chi connectivity index (χ0v) is 16.0. The molecule has 25 heavy (non-hydrogen) atoms. The van der Waals surface area contributed by atoms with E-state index in [2.05, 4.69) is 4.72 Å². The maximum absolute atomic E-state index is 12.3. The highest BCUT2D eigenvalue weighted by Crippen LogP contribution is 2.24. The Labute approximate surface area is 151 Å². The van der Waals surface area contributed by atoms with Gasteiger partial charge >= 0.3 is 0 Å². The highest BCUT2D eigenvalue weighted by Gasteiger charge is 2.23. The first kappa shape index (κ1) is 19.5. The first-order valence-corrected chi connectivity index (χ1v) is 10.1. The van der Waals surface area contributed by atoms with Crippen molar-refractivity contribution in [3.8, 4) is 5.75 Å². The summed E-state index contributed by atoms with van der Waals surface area (Å²) in [6.07, 6.45) is 1.38. The highest BCUT2D eigenvalue weighted by atomic mass is 32.2. The number of aryl methyl sites for hydroxylation is 1. The lowest BCUT2D eigenvalue weighted by atomic mass is 9.85. The van der Waals surface area contributed by atoms with E-state index >= 15 is 0 Å². The van der Waals surface area contributed by atoms with Gasteiger partial charge in [0, 0.05) is 12.0 Å². The number of benzene rings is 2. The standard InChI is InChI=1S/C20H27NO3S/c1-20(2,18-11-13-19(24-3)14-12-18)16-21-25(22,23)15-7-10-17-8-5-4-6-9-17/h4-6,8-9,11-14,21H,7,10,15-16H2,1-3H3. The van der Waals surface area contributed by atoms with Gasteiger partial charge in [0.25, 0.3) is 0 Å². The van der Waals surface area contributed by atoms with Crippen LogP contribution in [0, 0.1) is 0 Å². The van der Waals surface area contributed by atoms with Crippen molar-refractivity contribution >= 4 is 10.0 Å². The molecule has 0 atom stereocenters. The van der Waals surface area contributed by atoms with Crippen molar-refractivity contribution in [1.29, 1.82) is 0 Å². The third-order valence-electron chi connectivity index (χ3n) is 4.33. The molecule has 0 aromatic heterocycles. The number of methoxy groups -OCH3 is 1. The van der Waals surface area contributed by atoms with Gasteiger partial charge in [-0.3, -0.25) is 0 Å². The van der Waals surface area contributed by atoms with Crippen LogP contribution in [0.25, 0.3) is 0 Å². The largest absolute Gasteiger partial charge is 0.497 e. The van der Waals surface area contributed by atoms with Gasteiger partial charge in [-0.1, -0.05) is 56.3 Å². The Bertz CT molecular complexity index is 753. The first-order chi connectivity index (χ1) is 11.8. The lowest BCUT2D eigenvalue weighted by molar-refractivity contribution is 0.414. The molecule has 136 valence electrons. The summed E-state index contributed by atoms with van der Waals surface area (Å²) in [4.78, 5) is 0. The first-order valence-electron chi connectivity index (χ1n) is 8.48. The van der Waals surface area contributed by atoms with Crippen molar-refractivity contribution in [1.82, 2.24) is 4.72 Å². The van der Waals surface area contributed by atoms with Gasteiger partial charge in [0.05, 0.1) is 12.9 Å². The molecule has 0 saturated carbocycles. The molecule has 0 fully saturated rings. The molecule has 0 aliphatic rings. The Morgan fingerprint density at radius 2 is 1.64 bits per heavy atom. The highest BCUT2D eigenvalue weighted by molar-refractivity contribution is 7.89. The van der Waals surface area contributed by atoms with Gasteiger partial charge < -0.3 is 4.74 Å². The Kier molecular flexibility index (Phi) is 6.62. The summed E-state index contributed by atoms with van der Waals surface area (Å²) < 4.78 is 32.5. The predicted octanol–water partition coefficient (Wildman–Crippen LogP) is 3.53. The minimum absolute atomic E-state index is 0.139. The van der Waals surface area contributed by atoms with Crippen LogP contribution < -0.4 is 9.46 Å². The minimum atomic E-state index is -3.28. The molecule has 2 aromatic rings. The monoisotopic (exact) mass is 361 g/mol. The average molecular weight is 362 g/mol. The van der Waals surface area contributed by atoms with Gasteiger partial charge in [-0.15, -0.1) is 0 Å². The molecular formula is C20H27NO3S. The molecule has 0 aliphatic carbocycles. The normalized spacial score (nSPS) is 12.1. The lowest BCUT2D eigenvalue weighted by Gasteiger charge is -2.25. The molecule has 0 saturated heterocycles. The zero-order chi connectivity index (χ0) is 18.3. The van der Waals surface area contributed by atoms with Crippen LogP contribution in [0.2, 0.25) is 0 Å². The van der Waals surface area contributed by atoms with Gasteiger partial charge in [0.1, 0.15) is 5.75 Å². The van der Waals surface area contributed by atoms with E-state index in [0.29, 0.717) is 13.0 Å². The van der Waals surface area contributed by atoms with E-state index < -0.39 is 10.0 Å². The SMILES string of the molecule is COc1ccc(C(C)(C)CNS(=O)(=O)CCCc2ccccc2)cc1. The Morgan fingerprint density at radius 3 is 2.24 bits per heavy atom. The van der Waals surface area contributed by atoms with E-state index in [1.165, 1.54) is 0 Å². The summed E-state index contributed by atoms with van der Waals surface area (Å²) in [6.45, 7) is 4.43. The Morgan fingerprint density at radius 1 is 1.00 bits per heavy atom. The molecule has 0 radical (unpaired) electrons. The lowest BCUT2D eigenvalue weighted by Crippen LogP contribution is -2.37. The van der Waals surface area contributed by atoms with Crippen LogP contribution in [0.5, 0.6) is 5.75 Å². The molecule has 0 bridgehead atoms. The van der Waals surface area contributed by atoms with Crippen LogP contribution in [0.1, 0.15) is 31.4 Å². The van der Waals surface area contributed by atoms with Crippen LogP contribution in [0.15, 0.2) is 54.6 Å². The van der Waals surface area contributed by atoms with E-state index in [9.17, 15) is 8.42 Å². The second kappa shape index (κ2) is 8.50. The second-order valence-corrected chi connectivity index (χ2v) is 8.77. The van der Waals surface area contributed by atoms with E-state index in [0.717, 1.165) is 23.3 Å². The summed E-state index contributed by atoms with van der Waals surface area (Å²) in [5, 5.41) is 0. The van der Waals surface area contributed by atoms with E-state index in [4.69, 9.17) is 4.74 Å². The second-order valence-electron chi connectivity index (χ2n) is 6.84. The van der Waals surface area contributed by atoms with Crippen LogP contribution in [0.4, 0.5) is 0 Å². The number of nitrogens with one attached hydrogen (secondary N) is 1. The quantitative estimate of drug-likeness (QED) is 0.743.